The van der Waals surface area contributed by atoms with Crippen LogP contribution in [0.25, 0.3) is 11.0 Å². The normalized spacial score (nSPS) is 27.2. The van der Waals surface area contributed by atoms with Gasteiger partial charge in [-0.3, -0.25) is 0 Å². The number of nitrogens with one attached hydrogen (secondary N) is 1. The first-order chi connectivity index (χ1) is 12.2. The van der Waals surface area contributed by atoms with E-state index in [1.165, 1.54) is 6.33 Å². The molecule has 0 bridgehead atoms. The van der Waals surface area contributed by atoms with E-state index >= 15 is 0 Å². The summed E-state index contributed by atoms with van der Waals surface area (Å²) in [4.78, 5) is 13.5. The Labute approximate surface area is 148 Å². The number of hydrogen-bond donors (Lipinski definition) is 1. The first-order valence-corrected chi connectivity index (χ1v) is 9.70. The third-order valence-electron chi connectivity index (χ3n) is 5.54. The first-order valence-electron chi connectivity index (χ1n) is 8.26. The summed E-state index contributed by atoms with van der Waals surface area (Å²) in [7, 11) is -3.33. The largest absolute Gasteiger partial charge is 0.511 e. The lowest BCUT2D eigenvalue weighted by Crippen LogP contribution is -2.40. The monoisotopic (exact) mass is 389 g/mol. The number of fused-ring (bicyclic) bond motifs is 2. The summed E-state index contributed by atoms with van der Waals surface area (Å²) in [6, 6.07) is 1.99. The molecule has 2 aromatic rings. The Morgan fingerprint density at radius 2 is 1.88 bits per heavy atom. The highest BCUT2D eigenvalue weighted by atomic mass is 32.2. The van der Waals surface area contributed by atoms with Gasteiger partial charge in [-0.1, -0.05) is 0 Å². The number of nitrogens with zero attached hydrogens (tertiary/aromatic N) is 4. The van der Waals surface area contributed by atoms with Gasteiger partial charge in [0.1, 0.15) is 17.8 Å². The first kappa shape index (κ1) is 17.5. The van der Waals surface area contributed by atoms with Gasteiger partial charge in [-0.25, -0.2) is 18.4 Å². The summed E-state index contributed by atoms with van der Waals surface area (Å²) >= 11 is 0. The van der Waals surface area contributed by atoms with Crippen molar-refractivity contribution in [1.29, 1.82) is 0 Å². The predicted molar refractivity (Wildman–Crippen MR) is 88.8 cm³/mol. The molecule has 4 rings (SSSR count). The quantitative estimate of drug-likeness (QED) is 0.868. The van der Waals surface area contributed by atoms with E-state index in [0.717, 1.165) is 16.9 Å². The molecule has 1 N–H and O–H groups in total. The summed E-state index contributed by atoms with van der Waals surface area (Å²) in [5.41, 5.74) is -4.51. The van der Waals surface area contributed by atoms with Gasteiger partial charge in [0, 0.05) is 32.4 Å². The van der Waals surface area contributed by atoms with Crippen LogP contribution in [0.2, 0.25) is 0 Å². The maximum absolute atomic E-state index is 12.8. The van der Waals surface area contributed by atoms with Crippen LogP contribution >= 0.6 is 0 Å². The zero-order valence-corrected chi connectivity index (χ0v) is 14.8. The van der Waals surface area contributed by atoms with Crippen LogP contribution in [0.3, 0.4) is 0 Å². The smallest absolute Gasteiger partial charge is 0.356 e. The van der Waals surface area contributed by atoms with Gasteiger partial charge < -0.3 is 9.88 Å². The van der Waals surface area contributed by atoms with Gasteiger partial charge in [0.15, 0.2) is 0 Å². The molecule has 2 aliphatic rings. The molecule has 2 aromatic heterocycles. The number of sulfonamides is 1. The fourth-order valence-electron chi connectivity index (χ4n) is 4.20. The average molecular weight is 389 g/mol. The van der Waals surface area contributed by atoms with E-state index in [9.17, 15) is 21.6 Å². The summed E-state index contributed by atoms with van der Waals surface area (Å²) < 4.78 is 62.1. The SMILES string of the molecule is CN(c1ncnc2[nH]ccc12)[C@@H]1C[C@@H]2CN(S(=O)(=O)C(F)(F)F)C[C@@H]2C1. The summed E-state index contributed by atoms with van der Waals surface area (Å²) in [5, 5.41) is 0.883. The topological polar surface area (TPSA) is 82.2 Å². The van der Waals surface area contributed by atoms with Crippen molar-refractivity contribution < 1.29 is 21.6 Å². The number of alkyl halides is 3. The molecule has 0 spiro atoms. The summed E-state index contributed by atoms with van der Waals surface area (Å²) in [5.74, 6) is 0.632. The van der Waals surface area contributed by atoms with E-state index in [1.807, 2.05) is 18.0 Å². The van der Waals surface area contributed by atoms with Crippen LogP contribution in [0.15, 0.2) is 18.6 Å². The number of aromatic amines is 1. The molecule has 0 aromatic carbocycles. The highest BCUT2D eigenvalue weighted by Gasteiger charge is 2.55. The zero-order valence-electron chi connectivity index (χ0n) is 13.9. The van der Waals surface area contributed by atoms with Crippen molar-refractivity contribution in [3.63, 3.8) is 0 Å². The van der Waals surface area contributed by atoms with Gasteiger partial charge in [-0.05, 0) is 30.7 Å². The molecule has 0 amide bonds. The fraction of sp³-hybridized carbons (Fsp3) is 0.600. The Bertz CT molecular complexity index is 915. The maximum Gasteiger partial charge on any atom is 0.511 e. The molecule has 1 saturated heterocycles. The standard InChI is InChI=1S/C15H18F3N5O2S/c1-22(14-12-2-3-19-13(12)20-8-21-14)11-4-9-6-23(7-10(9)5-11)26(24,25)15(16,17)18/h2-3,8-11H,4-7H2,1H3,(H,19,20,21)/t9-,10+,11-. The Morgan fingerprint density at radius 3 is 2.50 bits per heavy atom. The van der Waals surface area contributed by atoms with Crippen LogP contribution in [-0.2, 0) is 10.0 Å². The van der Waals surface area contributed by atoms with Crippen molar-refractivity contribution in [2.45, 2.75) is 24.4 Å². The summed E-state index contributed by atoms with van der Waals surface area (Å²) in [6.07, 6.45) is 4.53. The van der Waals surface area contributed by atoms with Crippen LogP contribution in [0.4, 0.5) is 19.0 Å². The number of hydrogen-bond acceptors (Lipinski definition) is 5. The van der Waals surface area contributed by atoms with Gasteiger partial charge >= 0.3 is 15.5 Å². The molecule has 0 radical (unpaired) electrons. The Morgan fingerprint density at radius 1 is 1.23 bits per heavy atom. The zero-order chi connectivity index (χ0) is 18.7. The van der Waals surface area contributed by atoms with Gasteiger partial charge in [0.05, 0.1) is 5.39 Å². The van der Waals surface area contributed by atoms with Crippen molar-refractivity contribution >= 4 is 26.9 Å². The van der Waals surface area contributed by atoms with E-state index in [0.29, 0.717) is 17.1 Å². The Kier molecular flexibility index (Phi) is 3.92. The third kappa shape index (κ3) is 2.64. The van der Waals surface area contributed by atoms with Crippen molar-refractivity contribution in [1.82, 2.24) is 19.3 Å². The second kappa shape index (κ2) is 5.81. The number of anilines is 1. The molecule has 11 heteroatoms. The molecule has 142 valence electrons. The lowest BCUT2D eigenvalue weighted by atomic mass is 10.0. The number of aromatic nitrogens is 3. The van der Waals surface area contributed by atoms with E-state index in [-0.39, 0.29) is 31.0 Å². The molecule has 3 atom stereocenters. The van der Waals surface area contributed by atoms with Crippen LogP contribution in [0.1, 0.15) is 12.8 Å². The van der Waals surface area contributed by atoms with Crippen molar-refractivity contribution in [3.8, 4) is 0 Å². The minimum absolute atomic E-state index is 0.0665. The van der Waals surface area contributed by atoms with Crippen LogP contribution in [0.5, 0.6) is 0 Å². The minimum Gasteiger partial charge on any atom is -0.356 e. The van der Waals surface area contributed by atoms with E-state index in [1.54, 1.807) is 6.20 Å². The number of H-pyrrole nitrogens is 1. The van der Waals surface area contributed by atoms with Crippen LogP contribution < -0.4 is 4.90 Å². The molecule has 1 aliphatic carbocycles. The molecule has 1 aliphatic heterocycles. The Hall–Kier alpha value is -1.88. The van der Waals surface area contributed by atoms with Crippen molar-refractivity contribution in [2.24, 2.45) is 11.8 Å². The maximum atomic E-state index is 12.8. The van der Waals surface area contributed by atoms with E-state index in [2.05, 4.69) is 15.0 Å². The van der Waals surface area contributed by atoms with Gasteiger partial charge in [-0.15, -0.1) is 0 Å². The van der Waals surface area contributed by atoms with Gasteiger partial charge in [0.2, 0.25) is 0 Å². The van der Waals surface area contributed by atoms with Crippen LogP contribution in [-0.4, -0.2) is 59.4 Å². The van der Waals surface area contributed by atoms with E-state index < -0.39 is 15.5 Å². The van der Waals surface area contributed by atoms with Crippen molar-refractivity contribution in [2.75, 3.05) is 25.0 Å². The molecule has 26 heavy (non-hydrogen) atoms. The molecule has 7 nitrogen and oxygen atoms in total. The fourth-order valence-corrected chi connectivity index (χ4v) is 5.26. The lowest BCUT2D eigenvalue weighted by molar-refractivity contribution is -0.0485. The molecule has 2 fully saturated rings. The molecule has 0 unspecified atom stereocenters. The summed E-state index contributed by atoms with van der Waals surface area (Å²) in [6.45, 7) is -0.139. The highest BCUT2D eigenvalue weighted by molar-refractivity contribution is 7.90. The highest BCUT2D eigenvalue weighted by Crippen LogP contribution is 2.43. The minimum atomic E-state index is -5.23. The third-order valence-corrected chi connectivity index (χ3v) is 7.10. The molecule has 1 saturated carbocycles. The predicted octanol–water partition coefficient (Wildman–Crippen LogP) is 1.95. The molecule has 3 heterocycles. The Balaban J connectivity index is 1.49. The molecular weight excluding hydrogens is 371 g/mol. The number of rotatable bonds is 3. The van der Waals surface area contributed by atoms with Gasteiger partial charge in [0.25, 0.3) is 0 Å². The van der Waals surface area contributed by atoms with E-state index in [4.69, 9.17) is 0 Å². The number of halogens is 3. The lowest BCUT2D eigenvalue weighted by Gasteiger charge is -2.28. The van der Waals surface area contributed by atoms with Crippen molar-refractivity contribution in [3.05, 3.63) is 18.6 Å². The van der Waals surface area contributed by atoms with Crippen LogP contribution in [0, 0.1) is 11.8 Å². The second-order valence-electron chi connectivity index (χ2n) is 6.96. The average Bonchev–Trinajstić information content (AvgIpc) is 3.26. The molecular formula is C15H18F3N5O2S. The van der Waals surface area contributed by atoms with Gasteiger partial charge in [-0.2, -0.15) is 17.5 Å². The second-order valence-corrected chi connectivity index (χ2v) is 8.89.